The van der Waals surface area contributed by atoms with Gasteiger partial charge in [-0.3, -0.25) is 0 Å². The summed E-state index contributed by atoms with van der Waals surface area (Å²) in [4.78, 5) is 0. The maximum absolute atomic E-state index is 12.3. The molecular weight excluding hydrogens is 241 g/mol. The van der Waals surface area contributed by atoms with Crippen LogP contribution in [0.4, 0.5) is 13.2 Å². The molecular formula is C14H15F3O. The first kappa shape index (κ1) is 14.5. The van der Waals surface area contributed by atoms with E-state index in [1.807, 2.05) is 0 Å². The average molecular weight is 256 g/mol. The van der Waals surface area contributed by atoms with Crippen LogP contribution in [0.5, 0.6) is 0 Å². The van der Waals surface area contributed by atoms with E-state index in [-0.39, 0.29) is 0 Å². The van der Waals surface area contributed by atoms with Crippen LogP contribution in [0.15, 0.2) is 43.0 Å². The third-order valence-corrected chi connectivity index (χ3v) is 2.43. The quantitative estimate of drug-likeness (QED) is 0.806. The topological polar surface area (TPSA) is 20.2 Å². The van der Waals surface area contributed by atoms with Crippen LogP contribution < -0.4 is 0 Å². The molecule has 0 aliphatic carbocycles. The molecule has 0 aromatic heterocycles. The van der Waals surface area contributed by atoms with Crippen LogP contribution in [0.1, 0.15) is 24.5 Å². The largest absolute Gasteiger partial charge is 0.416 e. The summed E-state index contributed by atoms with van der Waals surface area (Å²) in [5.74, 6) is 0. The minimum atomic E-state index is -4.32. The van der Waals surface area contributed by atoms with Gasteiger partial charge in [-0.25, -0.2) is 0 Å². The molecule has 0 bridgehead atoms. The molecule has 1 N–H and O–H groups in total. The zero-order valence-corrected chi connectivity index (χ0v) is 10.0. The lowest BCUT2D eigenvalue weighted by atomic mass is 10.0. The summed E-state index contributed by atoms with van der Waals surface area (Å²) in [6.07, 6.45) is 0.763. The second kappa shape index (κ2) is 5.40. The Balaban J connectivity index is 2.81. The predicted molar refractivity (Wildman–Crippen MR) is 65.9 cm³/mol. The second-order valence-electron chi connectivity index (χ2n) is 4.30. The molecule has 0 radical (unpaired) electrons. The third kappa shape index (κ3) is 4.37. The van der Waals surface area contributed by atoms with E-state index in [1.165, 1.54) is 18.2 Å². The van der Waals surface area contributed by atoms with Gasteiger partial charge in [0.1, 0.15) is 0 Å². The summed E-state index contributed by atoms with van der Waals surface area (Å²) in [7, 11) is 0. The lowest BCUT2D eigenvalue weighted by molar-refractivity contribution is -0.137. The molecule has 0 amide bonds. The van der Waals surface area contributed by atoms with Crippen LogP contribution >= 0.6 is 0 Å². The van der Waals surface area contributed by atoms with Gasteiger partial charge >= 0.3 is 6.18 Å². The smallest absolute Gasteiger partial charge is 0.386 e. The van der Waals surface area contributed by atoms with Crippen LogP contribution in [0.2, 0.25) is 0 Å². The van der Waals surface area contributed by atoms with Gasteiger partial charge in [-0.1, -0.05) is 30.4 Å². The number of alkyl halides is 3. The number of hydrogen-bond donors (Lipinski definition) is 1. The van der Waals surface area contributed by atoms with E-state index in [9.17, 15) is 18.3 Å². The summed E-state index contributed by atoms with van der Waals surface area (Å²) >= 11 is 0. The van der Waals surface area contributed by atoms with Crippen molar-refractivity contribution < 1.29 is 18.3 Å². The Morgan fingerprint density at radius 2 is 1.78 bits per heavy atom. The van der Waals surface area contributed by atoms with Gasteiger partial charge in [0.05, 0.1) is 11.2 Å². The fraction of sp³-hybridized carbons (Fsp3) is 0.286. The Hall–Kier alpha value is -1.55. The molecule has 4 heteroatoms. The van der Waals surface area contributed by atoms with E-state index in [0.717, 1.165) is 12.1 Å². The van der Waals surface area contributed by atoms with E-state index in [2.05, 4.69) is 6.58 Å². The van der Waals surface area contributed by atoms with Gasteiger partial charge in [0.2, 0.25) is 0 Å². The van der Waals surface area contributed by atoms with E-state index in [4.69, 9.17) is 0 Å². The van der Waals surface area contributed by atoms with E-state index >= 15 is 0 Å². The van der Waals surface area contributed by atoms with E-state index in [1.54, 1.807) is 19.1 Å². The molecule has 1 nitrogen and oxygen atoms in total. The van der Waals surface area contributed by atoms with E-state index in [0.29, 0.717) is 12.0 Å². The predicted octanol–water partition coefficient (Wildman–Crippen LogP) is 4.05. The van der Waals surface area contributed by atoms with Gasteiger partial charge in [-0.15, -0.1) is 6.58 Å². The van der Waals surface area contributed by atoms with Crippen molar-refractivity contribution in [3.63, 3.8) is 0 Å². The fourth-order valence-electron chi connectivity index (χ4n) is 1.42. The van der Waals surface area contributed by atoms with Crippen LogP contribution in [-0.2, 0) is 6.18 Å². The van der Waals surface area contributed by atoms with Crippen LogP contribution in [-0.4, -0.2) is 10.7 Å². The highest BCUT2D eigenvalue weighted by atomic mass is 19.4. The Bertz CT molecular complexity index is 427. The lowest BCUT2D eigenvalue weighted by Crippen LogP contribution is -2.18. The first-order valence-electron chi connectivity index (χ1n) is 5.44. The van der Waals surface area contributed by atoms with Crippen molar-refractivity contribution in [2.45, 2.75) is 25.1 Å². The van der Waals surface area contributed by atoms with Crippen LogP contribution in [0.3, 0.4) is 0 Å². The number of halogens is 3. The molecule has 0 aliphatic rings. The zero-order chi connectivity index (χ0) is 13.8. The Morgan fingerprint density at radius 1 is 1.22 bits per heavy atom. The molecule has 18 heavy (non-hydrogen) atoms. The molecule has 1 rings (SSSR count). The van der Waals surface area contributed by atoms with Crippen molar-refractivity contribution in [2.75, 3.05) is 0 Å². The van der Waals surface area contributed by atoms with E-state index < -0.39 is 17.3 Å². The Kier molecular flexibility index (Phi) is 4.35. The Labute approximate surface area is 104 Å². The summed E-state index contributed by atoms with van der Waals surface area (Å²) in [5, 5.41) is 9.82. The van der Waals surface area contributed by atoms with Crippen LogP contribution in [0.25, 0.3) is 6.08 Å². The first-order valence-corrected chi connectivity index (χ1v) is 5.44. The fourth-order valence-corrected chi connectivity index (χ4v) is 1.42. The molecule has 0 saturated heterocycles. The molecule has 1 aromatic rings. The zero-order valence-electron chi connectivity index (χ0n) is 10.0. The van der Waals surface area contributed by atoms with Gasteiger partial charge in [0.25, 0.3) is 0 Å². The monoisotopic (exact) mass is 256 g/mol. The normalized spacial score (nSPS) is 15.6. The molecule has 98 valence electrons. The lowest BCUT2D eigenvalue weighted by Gasteiger charge is -2.16. The minimum Gasteiger partial charge on any atom is -0.386 e. The molecule has 0 spiro atoms. The first-order chi connectivity index (χ1) is 8.24. The molecule has 1 atom stereocenters. The molecule has 0 aliphatic heterocycles. The number of hydrogen-bond acceptors (Lipinski definition) is 1. The van der Waals surface area contributed by atoms with Gasteiger partial charge in [-0.05, 0) is 31.0 Å². The number of benzene rings is 1. The average Bonchev–Trinajstić information content (AvgIpc) is 2.26. The molecule has 0 fully saturated rings. The summed E-state index contributed by atoms with van der Waals surface area (Å²) in [5.41, 5.74) is -1.12. The number of aliphatic hydroxyl groups is 1. The highest BCUT2D eigenvalue weighted by molar-refractivity contribution is 5.51. The standard InChI is InChI=1S/C14H15F3O/c1-3-9-13(2,18)10-8-11-4-6-12(7-5-11)14(15,16)17/h3-8,10,18H,1,9H2,2H3/b10-8+. The van der Waals surface area contributed by atoms with Crippen LogP contribution in [0, 0.1) is 0 Å². The summed E-state index contributed by atoms with van der Waals surface area (Å²) in [6.45, 7) is 5.13. The van der Waals surface area contributed by atoms with Gasteiger partial charge in [-0.2, -0.15) is 13.2 Å². The van der Waals surface area contributed by atoms with Crippen molar-refractivity contribution in [2.24, 2.45) is 0 Å². The van der Waals surface area contributed by atoms with Gasteiger partial charge in [0, 0.05) is 0 Å². The highest BCUT2D eigenvalue weighted by Crippen LogP contribution is 2.29. The van der Waals surface area contributed by atoms with Crippen molar-refractivity contribution >= 4 is 6.08 Å². The maximum Gasteiger partial charge on any atom is 0.416 e. The van der Waals surface area contributed by atoms with Gasteiger partial charge in [0.15, 0.2) is 0 Å². The van der Waals surface area contributed by atoms with Gasteiger partial charge < -0.3 is 5.11 Å². The SMILES string of the molecule is C=CCC(C)(O)/C=C/c1ccc(C(F)(F)F)cc1. The second-order valence-corrected chi connectivity index (χ2v) is 4.30. The van der Waals surface area contributed by atoms with Crippen molar-refractivity contribution in [1.29, 1.82) is 0 Å². The minimum absolute atomic E-state index is 0.379. The molecule has 1 unspecified atom stereocenters. The van der Waals surface area contributed by atoms with Crippen molar-refractivity contribution in [3.8, 4) is 0 Å². The maximum atomic E-state index is 12.3. The molecule has 0 saturated carbocycles. The highest BCUT2D eigenvalue weighted by Gasteiger charge is 2.29. The third-order valence-electron chi connectivity index (χ3n) is 2.43. The summed E-state index contributed by atoms with van der Waals surface area (Å²) < 4.78 is 37.0. The van der Waals surface area contributed by atoms with Crippen molar-refractivity contribution in [1.82, 2.24) is 0 Å². The van der Waals surface area contributed by atoms with Crippen molar-refractivity contribution in [3.05, 3.63) is 54.1 Å². The molecule has 1 aromatic carbocycles. The molecule has 0 heterocycles. The number of rotatable bonds is 4. The summed E-state index contributed by atoms with van der Waals surface area (Å²) in [6, 6.07) is 4.76. The Morgan fingerprint density at radius 3 is 2.22 bits per heavy atom.